The van der Waals surface area contributed by atoms with Gasteiger partial charge in [-0.05, 0) is 55.1 Å². The Balaban J connectivity index is 2.16. The van der Waals surface area contributed by atoms with Gasteiger partial charge in [0.2, 0.25) is 0 Å². The highest BCUT2D eigenvalue weighted by Crippen LogP contribution is 2.31. The molecule has 2 rings (SSSR count). The van der Waals surface area contributed by atoms with Crippen LogP contribution in [0.3, 0.4) is 0 Å². The van der Waals surface area contributed by atoms with Crippen LogP contribution in [0.4, 0.5) is 10.5 Å². The largest absolute Gasteiger partial charge is 0.478 e. The first kappa shape index (κ1) is 17.6. The number of benzene rings is 1. The number of allylic oxidation sites excluding steroid dienone is 4. The maximum atomic E-state index is 12.5. The molecular formula is C17H16N2O4S. The Morgan fingerprint density at radius 1 is 1.33 bits per heavy atom. The molecule has 0 saturated carbocycles. The Morgan fingerprint density at radius 3 is 2.54 bits per heavy atom. The van der Waals surface area contributed by atoms with E-state index in [1.165, 1.54) is 18.2 Å². The van der Waals surface area contributed by atoms with Crippen molar-refractivity contribution in [3.8, 4) is 0 Å². The molecule has 2 N–H and O–H groups in total. The number of nitrogens with zero attached hydrogens (tertiary/aromatic N) is 1. The van der Waals surface area contributed by atoms with Crippen LogP contribution in [0.25, 0.3) is 0 Å². The molecule has 24 heavy (non-hydrogen) atoms. The molecular weight excluding hydrogens is 328 g/mol. The summed E-state index contributed by atoms with van der Waals surface area (Å²) in [4.78, 5) is 36.5. The van der Waals surface area contributed by atoms with Gasteiger partial charge in [-0.1, -0.05) is 18.7 Å². The van der Waals surface area contributed by atoms with Gasteiger partial charge in [0.1, 0.15) is 0 Å². The first-order valence-electron chi connectivity index (χ1n) is 7.07. The predicted octanol–water partition coefficient (Wildman–Crippen LogP) is 3.46. The first-order valence-corrected chi connectivity index (χ1v) is 7.95. The fourth-order valence-electron chi connectivity index (χ4n) is 2.02. The van der Waals surface area contributed by atoms with Crippen molar-refractivity contribution in [1.29, 1.82) is 0 Å². The monoisotopic (exact) mass is 344 g/mol. The zero-order chi connectivity index (χ0) is 17.7. The van der Waals surface area contributed by atoms with Gasteiger partial charge in [-0.15, -0.1) is 0 Å². The zero-order valence-electron chi connectivity index (χ0n) is 12.9. The second-order valence-corrected chi connectivity index (χ2v) is 5.84. The lowest BCUT2D eigenvalue weighted by Crippen LogP contribution is -2.33. The summed E-state index contributed by atoms with van der Waals surface area (Å²) in [6, 6.07) is 5.95. The second-order valence-electron chi connectivity index (χ2n) is 4.79. The Hall–Kier alpha value is -2.80. The Kier molecular flexibility index (Phi) is 5.59. The minimum atomic E-state index is -1.03. The summed E-state index contributed by atoms with van der Waals surface area (Å²) in [5.74, 6) is -1.43. The van der Waals surface area contributed by atoms with E-state index in [2.05, 4.69) is 11.9 Å². The molecule has 2 amide bonds. The quantitative estimate of drug-likeness (QED) is 0.769. The van der Waals surface area contributed by atoms with Crippen molar-refractivity contribution in [1.82, 2.24) is 4.90 Å². The van der Waals surface area contributed by atoms with Gasteiger partial charge in [0.25, 0.3) is 11.1 Å². The van der Waals surface area contributed by atoms with Gasteiger partial charge >= 0.3 is 5.97 Å². The number of nitrogens with one attached hydrogen (secondary N) is 1. The fourth-order valence-corrected chi connectivity index (χ4v) is 2.93. The molecule has 1 saturated heterocycles. The number of carboxylic acids is 1. The number of thioether (sulfide) groups is 1. The lowest BCUT2D eigenvalue weighted by molar-refractivity contribution is -0.124. The van der Waals surface area contributed by atoms with Crippen LogP contribution in [0, 0.1) is 0 Å². The molecule has 1 aliphatic rings. The average molecular weight is 344 g/mol. The van der Waals surface area contributed by atoms with Crippen molar-refractivity contribution >= 4 is 34.6 Å². The van der Waals surface area contributed by atoms with Crippen molar-refractivity contribution in [3.05, 3.63) is 66.4 Å². The standard InChI is InChI=1S/C17H16N2O4S/c1-3-5-6-13(4-2)19-15(20)14(24-17(19)23)18-12-9-7-11(8-10-12)16(21)22/h3-10,14,18H,2H2,1H3,(H,21,22)/b5-3+,13-6+. The Bertz CT molecular complexity index is 737. The number of carbonyl (C=O) groups excluding carboxylic acids is 2. The average Bonchev–Trinajstić information content (AvgIpc) is 2.83. The number of hydrogen-bond donors (Lipinski definition) is 2. The molecule has 1 fully saturated rings. The number of imide groups is 1. The number of carboxylic acid groups (broad SMARTS) is 1. The van der Waals surface area contributed by atoms with Gasteiger partial charge in [-0.3, -0.25) is 9.59 Å². The van der Waals surface area contributed by atoms with Crippen LogP contribution < -0.4 is 5.32 Å². The summed E-state index contributed by atoms with van der Waals surface area (Å²) in [5.41, 5.74) is 1.10. The molecule has 0 aliphatic carbocycles. The Labute approximate surface area is 143 Å². The highest BCUT2D eigenvalue weighted by atomic mass is 32.2. The van der Waals surface area contributed by atoms with Gasteiger partial charge in [-0.25, -0.2) is 9.69 Å². The van der Waals surface area contributed by atoms with E-state index >= 15 is 0 Å². The topological polar surface area (TPSA) is 86.7 Å². The first-order chi connectivity index (χ1) is 11.5. The maximum Gasteiger partial charge on any atom is 0.335 e. The number of rotatable bonds is 6. The molecule has 1 atom stereocenters. The molecule has 7 heteroatoms. The van der Waals surface area contributed by atoms with Gasteiger partial charge in [0.05, 0.1) is 11.3 Å². The zero-order valence-corrected chi connectivity index (χ0v) is 13.7. The lowest BCUT2D eigenvalue weighted by Gasteiger charge is -2.15. The van der Waals surface area contributed by atoms with E-state index in [4.69, 9.17) is 5.11 Å². The highest BCUT2D eigenvalue weighted by Gasteiger charge is 2.40. The summed E-state index contributed by atoms with van der Waals surface area (Å²) in [6.45, 7) is 5.45. The molecule has 0 bridgehead atoms. The third kappa shape index (κ3) is 3.75. The molecule has 1 heterocycles. The van der Waals surface area contributed by atoms with E-state index in [1.54, 1.807) is 30.4 Å². The third-order valence-electron chi connectivity index (χ3n) is 3.20. The van der Waals surface area contributed by atoms with Crippen LogP contribution in [0.2, 0.25) is 0 Å². The smallest absolute Gasteiger partial charge is 0.335 e. The molecule has 1 aliphatic heterocycles. The summed E-state index contributed by atoms with van der Waals surface area (Å²) in [7, 11) is 0. The van der Waals surface area contributed by atoms with Crippen molar-refractivity contribution in [2.24, 2.45) is 0 Å². The minimum Gasteiger partial charge on any atom is -0.478 e. The molecule has 0 radical (unpaired) electrons. The number of anilines is 1. The van der Waals surface area contributed by atoms with Gasteiger partial charge < -0.3 is 10.4 Å². The molecule has 124 valence electrons. The molecule has 0 spiro atoms. The minimum absolute atomic E-state index is 0.145. The molecule has 1 unspecified atom stereocenters. The van der Waals surface area contributed by atoms with Gasteiger partial charge in [0.15, 0.2) is 5.37 Å². The summed E-state index contributed by atoms with van der Waals surface area (Å²) in [6.07, 6.45) is 6.57. The van der Waals surface area contributed by atoms with E-state index in [-0.39, 0.29) is 5.56 Å². The van der Waals surface area contributed by atoms with Crippen molar-refractivity contribution < 1.29 is 19.5 Å². The van der Waals surface area contributed by atoms with Crippen LogP contribution in [0.5, 0.6) is 0 Å². The SMILES string of the molecule is C=C/C(=C\C=C\C)N1C(=O)SC(Nc2ccc(C(=O)O)cc2)C1=O. The summed E-state index contributed by atoms with van der Waals surface area (Å²) >= 11 is 0.862. The van der Waals surface area contributed by atoms with Crippen LogP contribution in [-0.2, 0) is 4.79 Å². The highest BCUT2D eigenvalue weighted by molar-refractivity contribution is 8.15. The van der Waals surface area contributed by atoms with Crippen LogP contribution in [0.1, 0.15) is 17.3 Å². The number of carbonyl (C=O) groups is 3. The van der Waals surface area contributed by atoms with E-state index in [1.807, 2.05) is 6.92 Å². The predicted molar refractivity (Wildman–Crippen MR) is 93.7 cm³/mol. The molecule has 0 aromatic heterocycles. The fraction of sp³-hybridized carbons (Fsp3) is 0.118. The van der Waals surface area contributed by atoms with Crippen molar-refractivity contribution in [2.45, 2.75) is 12.3 Å². The van der Waals surface area contributed by atoms with E-state index in [0.717, 1.165) is 16.7 Å². The van der Waals surface area contributed by atoms with Crippen LogP contribution in [0.15, 0.2) is 60.8 Å². The lowest BCUT2D eigenvalue weighted by atomic mass is 10.2. The van der Waals surface area contributed by atoms with Crippen LogP contribution in [-0.4, -0.2) is 32.5 Å². The Morgan fingerprint density at radius 2 is 2.00 bits per heavy atom. The van der Waals surface area contributed by atoms with Crippen molar-refractivity contribution in [2.75, 3.05) is 5.32 Å². The maximum absolute atomic E-state index is 12.5. The third-order valence-corrected chi connectivity index (χ3v) is 4.14. The molecule has 6 nitrogen and oxygen atoms in total. The van der Waals surface area contributed by atoms with Crippen LogP contribution >= 0.6 is 11.8 Å². The van der Waals surface area contributed by atoms with E-state index in [9.17, 15) is 14.4 Å². The van der Waals surface area contributed by atoms with Crippen molar-refractivity contribution in [3.63, 3.8) is 0 Å². The second kappa shape index (κ2) is 7.65. The summed E-state index contributed by atoms with van der Waals surface area (Å²) in [5, 5.41) is 10.6. The number of aromatic carboxylic acids is 1. The number of hydrogen-bond acceptors (Lipinski definition) is 5. The molecule has 1 aromatic carbocycles. The van der Waals surface area contributed by atoms with E-state index < -0.39 is 22.5 Å². The summed E-state index contributed by atoms with van der Waals surface area (Å²) < 4.78 is 0. The van der Waals surface area contributed by atoms with Gasteiger partial charge in [-0.2, -0.15) is 0 Å². The van der Waals surface area contributed by atoms with E-state index in [0.29, 0.717) is 11.4 Å². The molecule has 1 aromatic rings. The normalized spacial score (nSPS) is 18.3. The number of amides is 2. The van der Waals surface area contributed by atoms with Gasteiger partial charge in [0, 0.05) is 5.69 Å².